The largest absolute Gasteiger partial charge is 0.398 e. The van der Waals surface area contributed by atoms with Crippen molar-refractivity contribution in [2.45, 2.75) is 0 Å². The van der Waals surface area contributed by atoms with Gasteiger partial charge in [0.15, 0.2) is 0 Å². The van der Waals surface area contributed by atoms with Crippen LogP contribution in [0.15, 0.2) is 22.7 Å². The number of nitrogens with two attached hydrogens (primary N) is 1. The molecule has 0 aliphatic carbocycles. The Kier molecular flexibility index (Phi) is 4.79. The number of piperazine rings is 1. The van der Waals surface area contributed by atoms with E-state index < -0.39 is 0 Å². The Hall–Kier alpha value is -1.11. The molecule has 1 aliphatic heterocycles. The summed E-state index contributed by atoms with van der Waals surface area (Å²) in [7, 11) is 0. The van der Waals surface area contributed by atoms with E-state index in [1.165, 1.54) is 0 Å². The summed E-state index contributed by atoms with van der Waals surface area (Å²) in [5.41, 5.74) is 6.91. The predicted octanol–water partition coefficient (Wildman–Crippen LogP) is 0.781. The summed E-state index contributed by atoms with van der Waals surface area (Å²) in [4.78, 5) is 16.4. The van der Waals surface area contributed by atoms with Crippen LogP contribution in [0.2, 0.25) is 0 Å². The Morgan fingerprint density at radius 3 is 2.63 bits per heavy atom. The molecular formula is C13H18BrN3O2. The predicted molar refractivity (Wildman–Crippen MR) is 78.0 cm³/mol. The van der Waals surface area contributed by atoms with Crippen molar-refractivity contribution in [1.29, 1.82) is 0 Å². The minimum atomic E-state index is -0.0255. The van der Waals surface area contributed by atoms with Crippen LogP contribution < -0.4 is 5.73 Å². The second kappa shape index (κ2) is 6.36. The van der Waals surface area contributed by atoms with Crippen LogP contribution in [0.1, 0.15) is 10.4 Å². The standard InChI is InChI=1S/C13H18BrN3O2/c14-10-1-2-12(15)11(9-10)13(19)17-5-3-16(4-6-17)7-8-18/h1-2,9,18H,3-8,15H2. The number of amides is 1. The van der Waals surface area contributed by atoms with Crippen molar-refractivity contribution in [3.8, 4) is 0 Å². The van der Waals surface area contributed by atoms with Crippen LogP contribution in [0, 0.1) is 0 Å². The minimum absolute atomic E-state index is 0.0255. The summed E-state index contributed by atoms with van der Waals surface area (Å²) in [6.45, 7) is 3.75. The fraction of sp³-hybridized carbons (Fsp3) is 0.462. The first-order chi connectivity index (χ1) is 9.11. The van der Waals surface area contributed by atoms with Gasteiger partial charge in [0, 0.05) is 42.9 Å². The van der Waals surface area contributed by atoms with Crippen molar-refractivity contribution in [2.75, 3.05) is 45.1 Å². The molecular weight excluding hydrogens is 310 g/mol. The van der Waals surface area contributed by atoms with Gasteiger partial charge in [-0.25, -0.2) is 0 Å². The zero-order chi connectivity index (χ0) is 13.8. The minimum Gasteiger partial charge on any atom is -0.398 e. The third kappa shape index (κ3) is 3.46. The van der Waals surface area contributed by atoms with E-state index in [1.807, 2.05) is 11.0 Å². The quantitative estimate of drug-likeness (QED) is 0.805. The fourth-order valence-corrected chi connectivity index (χ4v) is 2.56. The molecule has 0 atom stereocenters. The lowest BCUT2D eigenvalue weighted by atomic mass is 10.1. The van der Waals surface area contributed by atoms with Crippen LogP contribution in [0.5, 0.6) is 0 Å². The SMILES string of the molecule is Nc1ccc(Br)cc1C(=O)N1CCN(CCO)CC1. The van der Waals surface area contributed by atoms with Gasteiger partial charge in [-0.3, -0.25) is 9.69 Å². The van der Waals surface area contributed by atoms with Crippen LogP contribution >= 0.6 is 15.9 Å². The second-order valence-electron chi connectivity index (χ2n) is 4.59. The van der Waals surface area contributed by atoms with Gasteiger partial charge in [0.25, 0.3) is 5.91 Å². The number of benzene rings is 1. The number of nitrogen functional groups attached to an aromatic ring is 1. The van der Waals surface area contributed by atoms with Gasteiger partial charge in [0.2, 0.25) is 0 Å². The molecule has 0 bridgehead atoms. The molecule has 3 N–H and O–H groups in total. The molecule has 2 rings (SSSR count). The van der Waals surface area contributed by atoms with E-state index in [2.05, 4.69) is 20.8 Å². The average Bonchev–Trinajstić information content (AvgIpc) is 2.42. The Morgan fingerprint density at radius 2 is 2.00 bits per heavy atom. The second-order valence-corrected chi connectivity index (χ2v) is 5.50. The zero-order valence-electron chi connectivity index (χ0n) is 10.7. The van der Waals surface area contributed by atoms with Gasteiger partial charge in [0.05, 0.1) is 12.2 Å². The normalized spacial score (nSPS) is 16.6. The number of aliphatic hydroxyl groups excluding tert-OH is 1. The zero-order valence-corrected chi connectivity index (χ0v) is 12.3. The molecule has 1 aliphatic rings. The third-order valence-corrected chi connectivity index (χ3v) is 3.81. The first kappa shape index (κ1) is 14.3. The van der Waals surface area contributed by atoms with Crippen LogP contribution in [0.25, 0.3) is 0 Å². The lowest BCUT2D eigenvalue weighted by Gasteiger charge is -2.34. The molecule has 104 valence electrons. The molecule has 1 aromatic rings. The molecule has 19 heavy (non-hydrogen) atoms. The number of carbonyl (C=O) groups excluding carboxylic acids is 1. The first-order valence-electron chi connectivity index (χ1n) is 6.29. The molecule has 0 radical (unpaired) electrons. The molecule has 0 aromatic heterocycles. The molecule has 1 aromatic carbocycles. The maximum Gasteiger partial charge on any atom is 0.256 e. The van der Waals surface area contributed by atoms with Crippen LogP contribution in [-0.4, -0.2) is 60.1 Å². The number of β-amino-alcohol motifs (C(OH)–C–C–N with tert-alkyl or cyclic N) is 1. The van der Waals surface area contributed by atoms with Crippen molar-refractivity contribution in [2.24, 2.45) is 0 Å². The highest BCUT2D eigenvalue weighted by Gasteiger charge is 2.23. The molecule has 6 heteroatoms. The van der Waals surface area contributed by atoms with E-state index in [0.717, 1.165) is 17.6 Å². The number of carbonyl (C=O) groups is 1. The van der Waals surface area contributed by atoms with Gasteiger partial charge < -0.3 is 15.7 Å². The third-order valence-electron chi connectivity index (χ3n) is 3.32. The number of aliphatic hydroxyl groups is 1. The Bertz CT molecular complexity index is 459. The number of hydrogen-bond donors (Lipinski definition) is 2. The summed E-state index contributed by atoms with van der Waals surface area (Å²) in [6, 6.07) is 5.32. The molecule has 0 unspecified atom stereocenters. The monoisotopic (exact) mass is 327 g/mol. The molecule has 1 fully saturated rings. The van der Waals surface area contributed by atoms with Gasteiger partial charge in [-0.15, -0.1) is 0 Å². The van der Waals surface area contributed by atoms with E-state index in [1.54, 1.807) is 12.1 Å². The van der Waals surface area contributed by atoms with Crippen molar-refractivity contribution in [1.82, 2.24) is 9.80 Å². The van der Waals surface area contributed by atoms with Gasteiger partial charge in [0.1, 0.15) is 0 Å². The van der Waals surface area contributed by atoms with Crippen LogP contribution in [0.4, 0.5) is 5.69 Å². The summed E-state index contributed by atoms with van der Waals surface area (Å²) in [5, 5.41) is 8.89. The summed E-state index contributed by atoms with van der Waals surface area (Å²) in [5.74, 6) is -0.0255. The fourth-order valence-electron chi connectivity index (χ4n) is 2.20. The highest BCUT2D eigenvalue weighted by molar-refractivity contribution is 9.10. The Morgan fingerprint density at radius 1 is 1.32 bits per heavy atom. The first-order valence-corrected chi connectivity index (χ1v) is 7.08. The van der Waals surface area contributed by atoms with Gasteiger partial charge in [-0.2, -0.15) is 0 Å². The highest BCUT2D eigenvalue weighted by atomic mass is 79.9. The molecule has 0 spiro atoms. The molecule has 1 saturated heterocycles. The lowest BCUT2D eigenvalue weighted by Crippen LogP contribution is -2.49. The van der Waals surface area contributed by atoms with E-state index in [0.29, 0.717) is 30.9 Å². The van der Waals surface area contributed by atoms with E-state index in [-0.39, 0.29) is 12.5 Å². The number of nitrogens with zero attached hydrogens (tertiary/aromatic N) is 2. The van der Waals surface area contributed by atoms with Gasteiger partial charge in [-0.05, 0) is 18.2 Å². The summed E-state index contributed by atoms with van der Waals surface area (Å²) in [6.07, 6.45) is 0. The van der Waals surface area contributed by atoms with Gasteiger partial charge in [-0.1, -0.05) is 15.9 Å². The van der Waals surface area contributed by atoms with Crippen molar-refractivity contribution >= 4 is 27.5 Å². The maximum absolute atomic E-state index is 12.4. The average molecular weight is 328 g/mol. The number of anilines is 1. The van der Waals surface area contributed by atoms with E-state index in [9.17, 15) is 4.79 Å². The van der Waals surface area contributed by atoms with Crippen molar-refractivity contribution < 1.29 is 9.90 Å². The number of rotatable bonds is 3. The molecule has 1 amide bonds. The van der Waals surface area contributed by atoms with Gasteiger partial charge >= 0.3 is 0 Å². The van der Waals surface area contributed by atoms with Crippen LogP contribution in [-0.2, 0) is 0 Å². The van der Waals surface area contributed by atoms with Crippen molar-refractivity contribution in [3.05, 3.63) is 28.2 Å². The van der Waals surface area contributed by atoms with E-state index >= 15 is 0 Å². The summed E-state index contributed by atoms with van der Waals surface area (Å²) < 4.78 is 0.851. The summed E-state index contributed by atoms with van der Waals surface area (Å²) >= 11 is 3.36. The topological polar surface area (TPSA) is 69.8 Å². The molecule has 0 saturated carbocycles. The maximum atomic E-state index is 12.4. The smallest absolute Gasteiger partial charge is 0.256 e. The van der Waals surface area contributed by atoms with E-state index in [4.69, 9.17) is 10.8 Å². The highest BCUT2D eigenvalue weighted by Crippen LogP contribution is 2.20. The molecule has 5 nitrogen and oxygen atoms in total. The van der Waals surface area contributed by atoms with Crippen LogP contribution in [0.3, 0.4) is 0 Å². The Balaban J connectivity index is 2.03. The molecule has 1 heterocycles. The number of halogens is 1. The number of hydrogen-bond acceptors (Lipinski definition) is 4. The van der Waals surface area contributed by atoms with Crippen molar-refractivity contribution in [3.63, 3.8) is 0 Å². The lowest BCUT2D eigenvalue weighted by molar-refractivity contribution is 0.0616. The Labute approximate surface area is 121 Å².